The Morgan fingerprint density at radius 2 is 1.86 bits per heavy atom. The number of hydrogen-bond donors (Lipinski definition) is 1. The minimum atomic E-state index is 0.127. The van der Waals surface area contributed by atoms with Crippen molar-refractivity contribution in [2.24, 2.45) is 0 Å². The first-order valence-electron chi connectivity index (χ1n) is 10.6. The maximum Gasteiger partial charge on any atom is 0.272 e. The van der Waals surface area contributed by atoms with Gasteiger partial charge in [0.25, 0.3) is 5.91 Å². The largest absolute Gasteiger partial charge is 0.497 e. The van der Waals surface area contributed by atoms with Crippen LogP contribution < -0.4 is 10.1 Å². The Labute approximate surface area is 176 Å². The molecule has 2 bridgehead atoms. The van der Waals surface area contributed by atoms with Crippen molar-refractivity contribution in [3.8, 4) is 5.75 Å². The molecule has 1 aliphatic heterocycles. The van der Waals surface area contributed by atoms with Crippen molar-refractivity contribution in [1.29, 1.82) is 0 Å². The Morgan fingerprint density at radius 1 is 1.14 bits per heavy atom. The second kappa shape index (κ2) is 7.90. The average Bonchev–Trinajstić information content (AvgIpc) is 2.80. The van der Waals surface area contributed by atoms with Gasteiger partial charge in [-0.25, -0.2) is 4.98 Å². The Bertz CT molecular complexity index is 918. The predicted molar refractivity (Wildman–Crippen MR) is 118 cm³/mol. The first kappa shape index (κ1) is 18.8. The van der Waals surface area contributed by atoms with Crippen LogP contribution in [0.2, 0.25) is 0 Å². The molecule has 0 radical (unpaired) electrons. The molecule has 152 valence electrons. The van der Waals surface area contributed by atoms with Crippen molar-refractivity contribution in [3.05, 3.63) is 47.3 Å². The average molecular weight is 410 g/mol. The minimum absolute atomic E-state index is 0.127. The highest BCUT2D eigenvalue weighted by Gasteiger charge is 2.39. The number of ether oxygens (including phenoxy) is 1. The van der Waals surface area contributed by atoms with Gasteiger partial charge in [0.05, 0.1) is 19.0 Å². The quantitative estimate of drug-likeness (QED) is 0.788. The zero-order chi connectivity index (χ0) is 19.8. The van der Waals surface area contributed by atoms with Gasteiger partial charge in [0.1, 0.15) is 11.4 Å². The summed E-state index contributed by atoms with van der Waals surface area (Å²) in [6, 6.07) is 7.97. The zero-order valence-electron chi connectivity index (χ0n) is 16.8. The number of nitrogens with zero attached hydrogens (tertiary/aromatic N) is 2. The smallest absolute Gasteiger partial charge is 0.272 e. The summed E-state index contributed by atoms with van der Waals surface area (Å²) in [7, 11) is 1.68. The van der Waals surface area contributed by atoms with E-state index in [9.17, 15) is 4.79 Å². The summed E-state index contributed by atoms with van der Waals surface area (Å²) >= 11 is 1.92. The van der Waals surface area contributed by atoms with E-state index in [0.717, 1.165) is 41.7 Å². The molecule has 1 saturated heterocycles. The van der Waals surface area contributed by atoms with Gasteiger partial charge < -0.3 is 15.0 Å². The molecular formula is C23H27N3O2S. The number of anilines is 2. The van der Waals surface area contributed by atoms with E-state index in [1.54, 1.807) is 7.11 Å². The topological polar surface area (TPSA) is 54.5 Å². The number of pyridine rings is 1. The third kappa shape index (κ3) is 3.48. The van der Waals surface area contributed by atoms with Crippen LogP contribution in [0.25, 0.3) is 0 Å². The Balaban J connectivity index is 1.54. The van der Waals surface area contributed by atoms with Gasteiger partial charge in [-0.15, -0.1) is 0 Å². The number of methoxy groups -OCH3 is 1. The molecule has 1 aromatic heterocycles. The number of benzene rings is 1. The van der Waals surface area contributed by atoms with Crippen LogP contribution >= 0.6 is 11.8 Å². The number of nitrogens with one attached hydrogen (secondary N) is 1. The van der Waals surface area contributed by atoms with Crippen LogP contribution in [0.1, 0.15) is 59.1 Å². The molecule has 29 heavy (non-hydrogen) atoms. The summed E-state index contributed by atoms with van der Waals surface area (Å²) < 4.78 is 5.36. The lowest BCUT2D eigenvalue weighted by atomic mass is 9.66. The van der Waals surface area contributed by atoms with Gasteiger partial charge in [-0.2, -0.15) is 11.8 Å². The molecule has 2 heterocycles. The Hall–Kier alpha value is -2.21. The van der Waals surface area contributed by atoms with E-state index in [2.05, 4.69) is 5.32 Å². The number of rotatable bonds is 4. The van der Waals surface area contributed by atoms with Gasteiger partial charge in [-0.1, -0.05) is 6.07 Å². The van der Waals surface area contributed by atoms with Crippen LogP contribution in [0.4, 0.5) is 11.4 Å². The van der Waals surface area contributed by atoms with Crippen LogP contribution in [0.15, 0.2) is 30.5 Å². The second-order valence-electron chi connectivity index (χ2n) is 8.16. The van der Waals surface area contributed by atoms with Crippen LogP contribution in [0.3, 0.4) is 0 Å². The van der Waals surface area contributed by atoms with E-state index in [4.69, 9.17) is 9.72 Å². The molecule has 2 fully saturated rings. The number of fused-ring (bicyclic) bond motifs is 2. The van der Waals surface area contributed by atoms with Crippen LogP contribution in [0, 0.1) is 0 Å². The highest BCUT2D eigenvalue weighted by molar-refractivity contribution is 7.99. The van der Waals surface area contributed by atoms with Crippen molar-refractivity contribution in [3.63, 3.8) is 0 Å². The minimum Gasteiger partial charge on any atom is -0.497 e. The Morgan fingerprint density at radius 3 is 2.59 bits per heavy atom. The summed E-state index contributed by atoms with van der Waals surface area (Å²) in [4.78, 5) is 20.0. The fourth-order valence-electron chi connectivity index (χ4n) is 5.11. The highest BCUT2D eigenvalue weighted by Crippen LogP contribution is 2.53. The lowest BCUT2D eigenvalue weighted by molar-refractivity contribution is 0.0763. The highest BCUT2D eigenvalue weighted by atomic mass is 32.2. The molecule has 1 amide bonds. The molecule has 1 N–H and O–H groups in total. The molecule has 0 atom stereocenters. The molecule has 1 aromatic carbocycles. The van der Waals surface area contributed by atoms with Gasteiger partial charge in [0, 0.05) is 36.3 Å². The first-order valence-corrected chi connectivity index (χ1v) is 11.7. The number of hydrogen-bond acceptors (Lipinski definition) is 5. The Kier molecular flexibility index (Phi) is 5.12. The van der Waals surface area contributed by atoms with Crippen LogP contribution in [-0.2, 0) is 0 Å². The van der Waals surface area contributed by atoms with Crippen molar-refractivity contribution in [1.82, 2.24) is 9.88 Å². The molecule has 1 saturated carbocycles. The summed E-state index contributed by atoms with van der Waals surface area (Å²) in [5, 5.41) is 3.57. The van der Waals surface area contributed by atoms with E-state index >= 15 is 0 Å². The van der Waals surface area contributed by atoms with Crippen molar-refractivity contribution < 1.29 is 9.53 Å². The van der Waals surface area contributed by atoms with E-state index in [-0.39, 0.29) is 5.91 Å². The summed E-state index contributed by atoms with van der Waals surface area (Å²) in [5.74, 6) is 3.99. The normalized spacial score (nSPS) is 22.9. The number of amides is 1. The molecule has 0 spiro atoms. The van der Waals surface area contributed by atoms with Gasteiger partial charge >= 0.3 is 0 Å². The van der Waals surface area contributed by atoms with Crippen LogP contribution in [-0.4, -0.2) is 47.5 Å². The lowest BCUT2D eigenvalue weighted by Gasteiger charge is -2.40. The summed E-state index contributed by atoms with van der Waals surface area (Å²) in [5.41, 5.74) is 5.30. The standard InChI is InChI=1S/C23H27N3O2S/c1-28-18-4-2-3-17(13-18)25-19-14-24-22(23(27)26-9-11-29-12-10-26)21-16-7-5-15(6-8-16)20(19)21/h2-4,13-16,25H,5-12H2,1H3. The van der Waals surface area contributed by atoms with E-state index in [1.165, 1.54) is 36.8 Å². The fourth-order valence-corrected chi connectivity index (χ4v) is 6.01. The lowest BCUT2D eigenvalue weighted by Crippen LogP contribution is -2.39. The third-order valence-electron chi connectivity index (χ3n) is 6.55. The van der Waals surface area contributed by atoms with Crippen molar-refractivity contribution in [2.75, 3.05) is 37.0 Å². The van der Waals surface area contributed by atoms with Gasteiger partial charge in [0.15, 0.2) is 0 Å². The number of carbonyl (C=O) groups is 1. The zero-order valence-corrected chi connectivity index (χ0v) is 17.6. The molecule has 6 heteroatoms. The predicted octanol–water partition coefficient (Wildman–Crippen LogP) is 4.78. The molecular weight excluding hydrogens is 382 g/mol. The fraction of sp³-hybridized carbons (Fsp3) is 0.478. The third-order valence-corrected chi connectivity index (χ3v) is 7.49. The molecule has 6 rings (SSSR count). The number of aromatic nitrogens is 1. The summed E-state index contributed by atoms with van der Waals surface area (Å²) in [6.07, 6.45) is 6.66. The molecule has 0 unspecified atom stereocenters. The maximum atomic E-state index is 13.3. The first-order chi connectivity index (χ1) is 14.2. The van der Waals surface area contributed by atoms with Gasteiger partial charge in [0.2, 0.25) is 0 Å². The second-order valence-corrected chi connectivity index (χ2v) is 9.38. The van der Waals surface area contributed by atoms with E-state index in [0.29, 0.717) is 17.5 Å². The molecule has 5 nitrogen and oxygen atoms in total. The van der Waals surface area contributed by atoms with Crippen molar-refractivity contribution in [2.45, 2.75) is 37.5 Å². The van der Waals surface area contributed by atoms with E-state index < -0.39 is 0 Å². The SMILES string of the molecule is COc1cccc(Nc2cnc(C(=O)N3CCSCC3)c3c2C2CCC3CC2)c1. The molecule has 3 aliphatic carbocycles. The van der Waals surface area contributed by atoms with Crippen LogP contribution in [0.5, 0.6) is 5.75 Å². The van der Waals surface area contributed by atoms with Crippen molar-refractivity contribution >= 4 is 29.0 Å². The van der Waals surface area contributed by atoms with E-state index in [1.807, 2.05) is 47.1 Å². The summed E-state index contributed by atoms with van der Waals surface area (Å²) in [6.45, 7) is 1.66. The molecule has 2 aromatic rings. The van der Waals surface area contributed by atoms with Gasteiger partial charge in [-0.05, 0) is 60.8 Å². The monoisotopic (exact) mass is 409 g/mol. The number of carbonyl (C=O) groups excluding carboxylic acids is 1. The van der Waals surface area contributed by atoms with Gasteiger partial charge in [-0.3, -0.25) is 4.79 Å². The maximum absolute atomic E-state index is 13.3. The molecule has 4 aliphatic rings. The number of thioether (sulfide) groups is 1.